The zero-order valence-electron chi connectivity index (χ0n) is 6.06. The third-order valence-corrected chi connectivity index (χ3v) is 3.44. The number of hydrogen-bond donors (Lipinski definition) is 1. The van der Waals surface area contributed by atoms with Crippen LogP contribution in [0.1, 0.15) is 12.8 Å². The van der Waals surface area contributed by atoms with Gasteiger partial charge in [0.15, 0.2) is 0 Å². The molecule has 2 aliphatic carbocycles. The van der Waals surface area contributed by atoms with Crippen molar-refractivity contribution in [3.8, 4) is 0 Å². The largest absolute Gasteiger partial charge is 0.459 e. The van der Waals surface area contributed by atoms with Gasteiger partial charge in [-0.2, -0.15) is 0 Å². The third kappa shape index (κ3) is 0.527. The lowest BCUT2D eigenvalue weighted by atomic mass is 9.88. The van der Waals surface area contributed by atoms with E-state index in [4.69, 9.17) is 4.74 Å². The quantitative estimate of drug-likeness (QED) is 0.497. The van der Waals surface area contributed by atoms with Crippen LogP contribution >= 0.6 is 0 Å². The van der Waals surface area contributed by atoms with Gasteiger partial charge in [0.2, 0.25) is 0 Å². The maximum absolute atomic E-state index is 11.1. The maximum Gasteiger partial charge on any atom is 0.309 e. The molecule has 3 aliphatic rings. The predicted octanol–water partition coefficient (Wildman–Crippen LogP) is -0.0713. The zero-order valence-corrected chi connectivity index (χ0v) is 6.06. The summed E-state index contributed by atoms with van der Waals surface area (Å²) in [7, 11) is 0. The van der Waals surface area contributed by atoms with Crippen LogP contribution in [0.4, 0.5) is 0 Å². The van der Waals surface area contributed by atoms with Crippen molar-refractivity contribution in [2.45, 2.75) is 25.0 Å². The minimum absolute atomic E-state index is 0.0703. The Kier molecular flexibility index (Phi) is 0.876. The van der Waals surface area contributed by atoms with Gasteiger partial charge in [0.1, 0.15) is 6.10 Å². The van der Waals surface area contributed by atoms with Crippen molar-refractivity contribution >= 4 is 5.97 Å². The number of carbonyl (C=O) groups excluding carboxylic acids is 1. The first-order chi connectivity index (χ1) is 5.27. The van der Waals surface area contributed by atoms with E-state index in [2.05, 4.69) is 0 Å². The summed E-state index contributed by atoms with van der Waals surface area (Å²) in [5.41, 5.74) is 0. The van der Waals surface area contributed by atoms with Gasteiger partial charge >= 0.3 is 5.97 Å². The molecule has 1 N–H and O–H groups in total. The minimum Gasteiger partial charge on any atom is -0.459 e. The van der Waals surface area contributed by atoms with Gasteiger partial charge in [-0.3, -0.25) is 4.79 Å². The smallest absolute Gasteiger partial charge is 0.309 e. The van der Waals surface area contributed by atoms with Crippen molar-refractivity contribution < 1.29 is 14.6 Å². The topological polar surface area (TPSA) is 46.5 Å². The Bertz CT molecular complexity index is 225. The molecule has 0 aromatic carbocycles. The molecule has 1 heterocycles. The van der Waals surface area contributed by atoms with Crippen molar-refractivity contribution in [1.82, 2.24) is 0 Å². The van der Waals surface area contributed by atoms with E-state index in [-0.39, 0.29) is 24.1 Å². The van der Waals surface area contributed by atoms with E-state index in [1.807, 2.05) is 0 Å². The fraction of sp³-hybridized carbons (Fsp3) is 0.875. The molecule has 3 heteroatoms. The van der Waals surface area contributed by atoms with Crippen LogP contribution < -0.4 is 0 Å². The molecule has 0 aromatic heterocycles. The Morgan fingerprint density at radius 1 is 1.45 bits per heavy atom. The fourth-order valence-electron chi connectivity index (χ4n) is 2.92. The van der Waals surface area contributed by atoms with E-state index < -0.39 is 0 Å². The van der Waals surface area contributed by atoms with E-state index in [1.165, 1.54) is 0 Å². The number of rotatable bonds is 0. The van der Waals surface area contributed by atoms with Gasteiger partial charge in [-0.05, 0) is 18.8 Å². The summed E-state index contributed by atoms with van der Waals surface area (Å²) < 4.78 is 5.06. The molecule has 1 aliphatic heterocycles. The Morgan fingerprint density at radius 2 is 2.27 bits per heavy atom. The number of fused-ring (bicyclic) bond motifs is 1. The SMILES string of the molecule is O=C1O[C@@H]2[C@H](O)[C@@H]3C[C@@H]2[C@H]1C3. The van der Waals surface area contributed by atoms with E-state index >= 15 is 0 Å². The molecule has 1 saturated heterocycles. The standard InChI is InChI=1S/C8H10O3/c9-6-3-1-4-5(2-3)8(10)11-7(4)6/h3-7,9H,1-2H2/t3-,4-,5-,6-,7+/m1/s1. The molecule has 0 amide bonds. The lowest BCUT2D eigenvalue weighted by Gasteiger charge is -2.19. The van der Waals surface area contributed by atoms with Gasteiger partial charge in [-0.1, -0.05) is 0 Å². The summed E-state index contributed by atoms with van der Waals surface area (Å²) in [6.45, 7) is 0. The lowest BCUT2D eigenvalue weighted by Crippen LogP contribution is -2.31. The first-order valence-electron chi connectivity index (χ1n) is 4.16. The molecule has 60 valence electrons. The number of carbonyl (C=O) groups is 1. The Labute approximate surface area is 64.3 Å². The van der Waals surface area contributed by atoms with Crippen LogP contribution in [-0.4, -0.2) is 23.3 Å². The average Bonchev–Trinajstić information content (AvgIpc) is 2.53. The molecule has 2 saturated carbocycles. The van der Waals surface area contributed by atoms with Crippen LogP contribution in [0, 0.1) is 17.8 Å². The second-order valence-electron chi connectivity index (χ2n) is 3.89. The molecule has 11 heavy (non-hydrogen) atoms. The molecular weight excluding hydrogens is 144 g/mol. The highest BCUT2D eigenvalue weighted by atomic mass is 16.6. The molecule has 2 bridgehead atoms. The molecule has 0 aromatic rings. The van der Waals surface area contributed by atoms with Crippen molar-refractivity contribution in [3.63, 3.8) is 0 Å². The number of ether oxygens (including phenoxy) is 1. The number of aliphatic hydroxyl groups is 1. The maximum atomic E-state index is 11.1. The average molecular weight is 154 g/mol. The third-order valence-electron chi connectivity index (χ3n) is 3.44. The molecular formula is C8H10O3. The number of hydrogen-bond acceptors (Lipinski definition) is 3. The highest BCUT2D eigenvalue weighted by Gasteiger charge is 2.61. The first kappa shape index (κ1) is 6.00. The second kappa shape index (κ2) is 1.61. The molecule has 0 radical (unpaired) electrons. The molecule has 0 spiro atoms. The summed E-state index contributed by atoms with van der Waals surface area (Å²) in [6, 6.07) is 0. The number of aliphatic hydroxyl groups excluding tert-OH is 1. The number of esters is 1. The normalized spacial score (nSPS) is 58.6. The van der Waals surface area contributed by atoms with Gasteiger partial charge in [-0.25, -0.2) is 0 Å². The van der Waals surface area contributed by atoms with Crippen LogP contribution in [-0.2, 0) is 9.53 Å². The van der Waals surface area contributed by atoms with Gasteiger partial charge < -0.3 is 9.84 Å². The van der Waals surface area contributed by atoms with Crippen molar-refractivity contribution in [2.24, 2.45) is 17.8 Å². The van der Waals surface area contributed by atoms with E-state index in [9.17, 15) is 9.90 Å². The van der Waals surface area contributed by atoms with Crippen LogP contribution in [0.25, 0.3) is 0 Å². The van der Waals surface area contributed by atoms with Gasteiger partial charge in [0, 0.05) is 5.92 Å². The highest BCUT2D eigenvalue weighted by Crippen LogP contribution is 2.54. The molecule has 3 fully saturated rings. The van der Waals surface area contributed by atoms with Crippen molar-refractivity contribution in [2.75, 3.05) is 0 Å². The van der Waals surface area contributed by atoms with Crippen LogP contribution in [0.5, 0.6) is 0 Å². The van der Waals surface area contributed by atoms with E-state index in [1.54, 1.807) is 0 Å². The fourth-order valence-corrected chi connectivity index (χ4v) is 2.92. The monoisotopic (exact) mass is 154 g/mol. The van der Waals surface area contributed by atoms with Crippen LogP contribution in [0.15, 0.2) is 0 Å². The summed E-state index contributed by atoms with van der Waals surface area (Å²) in [5, 5.41) is 9.55. The molecule has 3 rings (SSSR count). The van der Waals surface area contributed by atoms with Gasteiger partial charge in [-0.15, -0.1) is 0 Å². The molecule has 5 atom stereocenters. The predicted molar refractivity (Wildman–Crippen MR) is 35.6 cm³/mol. The highest BCUT2D eigenvalue weighted by molar-refractivity contribution is 5.76. The van der Waals surface area contributed by atoms with Gasteiger partial charge in [0.25, 0.3) is 0 Å². The van der Waals surface area contributed by atoms with E-state index in [0.29, 0.717) is 11.8 Å². The Hall–Kier alpha value is -0.570. The summed E-state index contributed by atoms with van der Waals surface area (Å²) in [5.74, 6) is 0.761. The van der Waals surface area contributed by atoms with Crippen LogP contribution in [0.2, 0.25) is 0 Å². The van der Waals surface area contributed by atoms with Gasteiger partial charge in [0.05, 0.1) is 12.0 Å². The summed E-state index contributed by atoms with van der Waals surface area (Å²) in [4.78, 5) is 11.1. The Balaban J connectivity index is 2.04. The van der Waals surface area contributed by atoms with Crippen molar-refractivity contribution in [1.29, 1.82) is 0 Å². The first-order valence-corrected chi connectivity index (χ1v) is 4.16. The summed E-state index contributed by atoms with van der Waals surface area (Å²) >= 11 is 0. The molecule has 0 unspecified atom stereocenters. The Morgan fingerprint density at radius 3 is 2.91 bits per heavy atom. The van der Waals surface area contributed by atoms with E-state index in [0.717, 1.165) is 12.8 Å². The second-order valence-corrected chi connectivity index (χ2v) is 3.89. The lowest BCUT2D eigenvalue weighted by molar-refractivity contribution is -0.145. The molecule has 3 nitrogen and oxygen atoms in total. The van der Waals surface area contributed by atoms with Crippen LogP contribution in [0.3, 0.4) is 0 Å². The zero-order chi connectivity index (χ0) is 7.59. The summed E-state index contributed by atoms with van der Waals surface area (Å²) in [6.07, 6.45) is 1.36. The minimum atomic E-state index is -0.359. The van der Waals surface area contributed by atoms with Crippen molar-refractivity contribution in [3.05, 3.63) is 0 Å².